The van der Waals surface area contributed by atoms with Gasteiger partial charge in [0.2, 0.25) is 0 Å². The van der Waals surface area contributed by atoms with Crippen molar-refractivity contribution in [1.82, 2.24) is 15.1 Å². The molecule has 0 saturated heterocycles. The van der Waals surface area contributed by atoms with Gasteiger partial charge in [-0.3, -0.25) is 4.68 Å². The van der Waals surface area contributed by atoms with E-state index in [9.17, 15) is 0 Å². The molecule has 2 unspecified atom stereocenters. The summed E-state index contributed by atoms with van der Waals surface area (Å²) < 4.78 is 2.04. The van der Waals surface area contributed by atoms with Gasteiger partial charge in [-0.1, -0.05) is 24.3 Å². The van der Waals surface area contributed by atoms with Crippen LogP contribution in [0.3, 0.4) is 0 Å². The minimum Gasteiger partial charge on any atom is -0.307 e. The Morgan fingerprint density at radius 1 is 1.38 bits per heavy atom. The number of aryl methyl sites for hydroxylation is 2. The third-order valence-corrected chi connectivity index (χ3v) is 4.65. The van der Waals surface area contributed by atoms with Crippen molar-refractivity contribution in [3.05, 3.63) is 52.8 Å². The molecule has 1 aliphatic carbocycles. The lowest BCUT2D eigenvalue weighted by atomic mass is 9.91. The first-order valence-corrected chi connectivity index (χ1v) is 7.96. The summed E-state index contributed by atoms with van der Waals surface area (Å²) in [5, 5.41) is 8.24. The molecule has 21 heavy (non-hydrogen) atoms. The lowest BCUT2D eigenvalue weighted by molar-refractivity contribution is 0.403. The van der Waals surface area contributed by atoms with Gasteiger partial charge in [0.1, 0.15) is 0 Å². The van der Waals surface area contributed by atoms with Crippen LogP contribution in [0.5, 0.6) is 0 Å². The van der Waals surface area contributed by atoms with Crippen LogP contribution in [0.25, 0.3) is 0 Å². The molecule has 0 spiro atoms. The standard InChI is InChI=1S/C18H25N3/c1-13-7-4-5-8-15(13)11-14(2)20-17-9-6-10-18-16(17)12-19-21(18)3/h4-5,7-8,12,14,17,20H,6,9-11H2,1-3H3. The van der Waals surface area contributed by atoms with Crippen LogP contribution in [-0.4, -0.2) is 15.8 Å². The van der Waals surface area contributed by atoms with Gasteiger partial charge in [0.05, 0.1) is 6.20 Å². The highest BCUT2D eigenvalue weighted by atomic mass is 15.3. The van der Waals surface area contributed by atoms with Crippen molar-refractivity contribution in [2.45, 2.75) is 51.6 Å². The smallest absolute Gasteiger partial charge is 0.0540 e. The summed E-state index contributed by atoms with van der Waals surface area (Å²) in [5.41, 5.74) is 5.64. The van der Waals surface area contributed by atoms with Gasteiger partial charge in [-0.05, 0) is 50.7 Å². The molecule has 1 N–H and O–H groups in total. The molecule has 0 aliphatic heterocycles. The Morgan fingerprint density at radius 3 is 3.00 bits per heavy atom. The van der Waals surface area contributed by atoms with Crippen molar-refractivity contribution in [2.24, 2.45) is 7.05 Å². The van der Waals surface area contributed by atoms with Crippen molar-refractivity contribution < 1.29 is 0 Å². The third-order valence-electron chi connectivity index (χ3n) is 4.65. The molecular weight excluding hydrogens is 258 g/mol. The van der Waals surface area contributed by atoms with Crippen LogP contribution >= 0.6 is 0 Å². The predicted molar refractivity (Wildman–Crippen MR) is 86.4 cm³/mol. The summed E-state index contributed by atoms with van der Waals surface area (Å²) in [5.74, 6) is 0. The molecule has 1 aliphatic rings. The van der Waals surface area contributed by atoms with Crippen LogP contribution in [0.4, 0.5) is 0 Å². The van der Waals surface area contributed by atoms with E-state index in [1.807, 2.05) is 10.9 Å². The van der Waals surface area contributed by atoms with Crippen LogP contribution in [-0.2, 0) is 19.9 Å². The van der Waals surface area contributed by atoms with Crippen molar-refractivity contribution in [2.75, 3.05) is 0 Å². The number of nitrogens with one attached hydrogen (secondary N) is 1. The Labute approximate surface area is 127 Å². The molecule has 0 amide bonds. The number of nitrogens with zero attached hydrogens (tertiary/aromatic N) is 2. The molecule has 2 atom stereocenters. The molecular formula is C18H25N3. The maximum absolute atomic E-state index is 4.43. The quantitative estimate of drug-likeness (QED) is 0.933. The molecule has 1 aromatic heterocycles. The van der Waals surface area contributed by atoms with Crippen LogP contribution in [0, 0.1) is 6.92 Å². The summed E-state index contributed by atoms with van der Waals surface area (Å²) in [4.78, 5) is 0. The Morgan fingerprint density at radius 2 is 2.19 bits per heavy atom. The number of aromatic nitrogens is 2. The van der Waals surface area contributed by atoms with E-state index in [1.165, 1.54) is 35.2 Å². The number of benzene rings is 1. The van der Waals surface area contributed by atoms with Gasteiger partial charge in [-0.2, -0.15) is 5.10 Å². The van der Waals surface area contributed by atoms with Crippen molar-refractivity contribution >= 4 is 0 Å². The fourth-order valence-corrected chi connectivity index (χ4v) is 3.45. The summed E-state index contributed by atoms with van der Waals surface area (Å²) in [6.07, 6.45) is 6.76. The van der Waals surface area contributed by atoms with Crippen molar-refractivity contribution in [1.29, 1.82) is 0 Å². The second-order valence-electron chi connectivity index (χ2n) is 6.31. The molecule has 3 rings (SSSR count). The highest BCUT2D eigenvalue weighted by Crippen LogP contribution is 2.29. The van der Waals surface area contributed by atoms with Gasteiger partial charge in [0.15, 0.2) is 0 Å². The predicted octanol–water partition coefficient (Wildman–Crippen LogP) is 3.33. The van der Waals surface area contributed by atoms with E-state index in [0.29, 0.717) is 12.1 Å². The number of rotatable bonds is 4. The first-order valence-electron chi connectivity index (χ1n) is 7.96. The van der Waals surface area contributed by atoms with Gasteiger partial charge in [0.25, 0.3) is 0 Å². The highest BCUT2D eigenvalue weighted by molar-refractivity contribution is 5.27. The van der Waals surface area contributed by atoms with Gasteiger partial charge in [-0.25, -0.2) is 0 Å². The second kappa shape index (κ2) is 6.02. The fraction of sp³-hybridized carbons (Fsp3) is 0.500. The lowest BCUT2D eigenvalue weighted by Gasteiger charge is -2.27. The van der Waals surface area contributed by atoms with E-state index in [1.54, 1.807) is 0 Å². The molecule has 0 saturated carbocycles. The number of hydrogen-bond acceptors (Lipinski definition) is 2. The molecule has 3 nitrogen and oxygen atoms in total. The lowest BCUT2D eigenvalue weighted by Crippen LogP contribution is -2.34. The van der Waals surface area contributed by atoms with Gasteiger partial charge < -0.3 is 5.32 Å². The normalized spacial score (nSPS) is 19.3. The number of fused-ring (bicyclic) bond motifs is 1. The maximum atomic E-state index is 4.43. The first-order chi connectivity index (χ1) is 10.1. The molecule has 0 radical (unpaired) electrons. The second-order valence-corrected chi connectivity index (χ2v) is 6.31. The Balaban J connectivity index is 1.68. The fourth-order valence-electron chi connectivity index (χ4n) is 3.45. The average Bonchev–Trinajstić information content (AvgIpc) is 2.84. The zero-order valence-electron chi connectivity index (χ0n) is 13.3. The van der Waals surface area contributed by atoms with Crippen LogP contribution < -0.4 is 5.32 Å². The van der Waals surface area contributed by atoms with Gasteiger partial charge >= 0.3 is 0 Å². The summed E-state index contributed by atoms with van der Waals surface area (Å²) in [6, 6.07) is 9.62. The first kappa shape index (κ1) is 14.3. The zero-order valence-corrected chi connectivity index (χ0v) is 13.3. The van der Waals surface area contributed by atoms with Crippen LogP contribution in [0.15, 0.2) is 30.5 Å². The molecule has 0 bridgehead atoms. The average molecular weight is 283 g/mol. The SMILES string of the molecule is Cc1ccccc1CC(C)NC1CCCc2c1cnn2C. The summed E-state index contributed by atoms with van der Waals surface area (Å²) in [7, 11) is 2.05. The summed E-state index contributed by atoms with van der Waals surface area (Å²) in [6.45, 7) is 4.49. The van der Waals surface area contributed by atoms with E-state index < -0.39 is 0 Å². The van der Waals surface area contributed by atoms with Crippen molar-refractivity contribution in [3.8, 4) is 0 Å². The van der Waals surface area contributed by atoms with E-state index in [2.05, 4.69) is 55.6 Å². The third kappa shape index (κ3) is 3.03. The molecule has 2 aromatic rings. The largest absolute Gasteiger partial charge is 0.307 e. The highest BCUT2D eigenvalue weighted by Gasteiger charge is 2.24. The maximum Gasteiger partial charge on any atom is 0.0540 e. The van der Waals surface area contributed by atoms with Crippen molar-refractivity contribution in [3.63, 3.8) is 0 Å². The Kier molecular flexibility index (Phi) is 4.11. The molecule has 1 heterocycles. The molecule has 3 heteroatoms. The van der Waals surface area contributed by atoms with Crippen LogP contribution in [0.2, 0.25) is 0 Å². The topological polar surface area (TPSA) is 29.9 Å². The minimum absolute atomic E-state index is 0.460. The summed E-state index contributed by atoms with van der Waals surface area (Å²) >= 11 is 0. The molecule has 112 valence electrons. The molecule has 1 aromatic carbocycles. The monoisotopic (exact) mass is 283 g/mol. The minimum atomic E-state index is 0.460. The number of hydrogen-bond donors (Lipinski definition) is 1. The van der Waals surface area contributed by atoms with Gasteiger partial charge in [0, 0.05) is 30.4 Å². The van der Waals surface area contributed by atoms with E-state index in [-0.39, 0.29) is 0 Å². The molecule has 0 fully saturated rings. The van der Waals surface area contributed by atoms with E-state index in [4.69, 9.17) is 0 Å². The Hall–Kier alpha value is -1.61. The van der Waals surface area contributed by atoms with E-state index >= 15 is 0 Å². The van der Waals surface area contributed by atoms with E-state index in [0.717, 1.165) is 12.8 Å². The van der Waals surface area contributed by atoms with Crippen LogP contribution in [0.1, 0.15) is 48.2 Å². The van der Waals surface area contributed by atoms with Gasteiger partial charge in [-0.15, -0.1) is 0 Å². The zero-order chi connectivity index (χ0) is 14.8. The Bertz CT molecular complexity index is 615.